The van der Waals surface area contributed by atoms with E-state index in [1.807, 2.05) is 24.3 Å². The molecular formula is C23H18N2O6. The van der Waals surface area contributed by atoms with Crippen LogP contribution in [0, 0.1) is 0 Å². The second kappa shape index (κ2) is 7.91. The Morgan fingerprint density at radius 3 is 2.35 bits per heavy atom. The Balaban J connectivity index is 1.80. The summed E-state index contributed by atoms with van der Waals surface area (Å²) in [5.74, 6) is -2.66. The summed E-state index contributed by atoms with van der Waals surface area (Å²) in [5.41, 5.74) is 1.61. The first-order valence-corrected chi connectivity index (χ1v) is 9.43. The molecule has 0 amide bonds. The number of aromatic nitrogens is 2. The van der Waals surface area contributed by atoms with E-state index in [9.17, 15) is 19.5 Å². The maximum Gasteiger partial charge on any atom is 0.356 e. The fraction of sp³-hybridized carbons (Fsp3) is 0.130. The Morgan fingerprint density at radius 2 is 1.65 bits per heavy atom. The number of nitrogens with zero attached hydrogens (tertiary/aromatic N) is 1. The smallest absolute Gasteiger partial charge is 0.356 e. The highest BCUT2D eigenvalue weighted by Gasteiger charge is 2.24. The normalized spacial score (nSPS) is 11.9. The van der Waals surface area contributed by atoms with Crippen molar-refractivity contribution < 1.29 is 29.0 Å². The number of H-pyrrole nitrogens is 1. The van der Waals surface area contributed by atoms with E-state index in [-0.39, 0.29) is 16.8 Å². The first-order chi connectivity index (χ1) is 14.9. The van der Waals surface area contributed by atoms with Gasteiger partial charge in [0.05, 0.1) is 23.8 Å². The minimum atomic E-state index is -1.23. The van der Waals surface area contributed by atoms with E-state index in [4.69, 9.17) is 9.47 Å². The summed E-state index contributed by atoms with van der Waals surface area (Å²) in [6.07, 6.45) is -0.880. The number of carbonyl (C=O) groups excluding carboxylic acids is 2. The van der Waals surface area contributed by atoms with Crippen LogP contribution in [0.2, 0.25) is 0 Å². The van der Waals surface area contributed by atoms with E-state index in [2.05, 4.69) is 9.97 Å². The average molecular weight is 418 g/mol. The van der Waals surface area contributed by atoms with Crippen LogP contribution in [-0.4, -0.2) is 40.1 Å². The lowest BCUT2D eigenvalue weighted by atomic mass is 10.1. The van der Waals surface area contributed by atoms with Gasteiger partial charge in [-0.25, -0.2) is 19.4 Å². The van der Waals surface area contributed by atoms with Crippen molar-refractivity contribution in [3.05, 3.63) is 77.1 Å². The third kappa shape index (κ3) is 3.59. The number of ether oxygens (including phenoxy) is 2. The molecule has 0 radical (unpaired) electrons. The molecular weight excluding hydrogens is 400 g/mol. The number of nitrogens with one attached hydrogen (secondary N) is 1. The van der Waals surface area contributed by atoms with Crippen molar-refractivity contribution in [2.75, 3.05) is 7.11 Å². The van der Waals surface area contributed by atoms with Crippen LogP contribution in [0.4, 0.5) is 0 Å². The molecule has 0 fully saturated rings. The summed E-state index contributed by atoms with van der Waals surface area (Å²) in [6, 6.07) is 15.0. The number of methoxy groups -OCH3 is 1. The number of esters is 2. The molecule has 0 spiro atoms. The first kappa shape index (κ1) is 20.1. The number of para-hydroxylation sites is 1. The molecule has 8 nitrogen and oxygen atoms in total. The largest absolute Gasteiger partial charge is 0.478 e. The molecule has 4 aromatic rings. The topological polar surface area (TPSA) is 119 Å². The van der Waals surface area contributed by atoms with Gasteiger partial charge in [-0.3, -0.25) is 0 Å². The lowest BCUT2D eigenvalue weighted by Crippen LogP contribution is -2.16. The van der Waals surface area contributed by atoms with Crippen LogP contribution in [0.15, 0.2) is 54.6 Å². The standard InChI is InChI=1S/C23H18N2O6/c1-12(31-22(28)15-9-4-3-8-14(15)21(26)27)19-20-16(11-18(25-19)23(29)30-2)13-7-5-6-10-17(13)24-20/h3-12,24H,1-2H3,(H,26,27)/t12-/m1/s1. The number of fused-ring (bicyclic) bond motifs is 3. The minimum absolute atomic E-state index is 0.0705. The molecule has 1 atom stereocenters. The van der Waals surface area contributed by atoms with Crippen LogP contribution in [0.1, 0.15) is 49.9 Å². The second-order valence-corrected chi connectivity index (χ2v) is 6.88. The number of aromatic carboxylic acids is 1. The zero-order valence-electron chi connectivity index (χ0n) is 16.7. The van der Waals surface area contributed by atoms with Gasteiger partial charge in [-0.15, -0.1) is 0 Å². The lowest BCUT2D eigenvalue weighted by Gasteiger charge is -2.15. The molecule has 156 valence electrons. The summed E-state index contributed by atoms with van der Waals surface area (Å²) in [4.78, 5) is 44.0. The van der Waals surface area contributed by atoms with Gasteiger partial charge >= 0.3 is 17.9 Å². The van der Waals surface area contributed by atoms with Crippen LogP contribution >= 0.6 is 0 Å². The molecule has 0 saturated carbocycles. The van der Waals surface area contributed by atoms with Gasteiger partial charge in [0.25, 0.3) is 0 Å². The summed E-state index contributed by atoms with van der Waals surface area (Å²) in [7, 11) is 1.26. The molecule has 8 heteroatoms. The monoisotopic (exact) mass is 418 g/mol. The van der Waals surface area contributed by atoms with Crippen molar-refractivity contribution in [3.63, 3.8) is 0 Å². The van der Waals surface area contributed by atoms with E-state index in [1.54, 1.807) is 19.1 Å². The summed E-state index contributed by atoms with van der Waals surface area (Å²) >= 11 is 0. The van der Waals surface area contributed by atoms with Crippen LogP contribution in [-0.2, 0) is 9.47 Å². The predicted octanol–water partition coefficient (Wildman–Crippen LogP) is 4.12. The highest BCUT2D eigenvalue weighted by Crippen LogP contribution is 2.32. The Hall–Kier alpha value is -4.20. The summed E-state index contributed by atoms with van der Waals surface area (Å²) in [6.45, 7) is 1.61. The molecule has 0 aliphatic rings. The third-order valence-corrected chi connectivity index (χ3v) is 4.97. The highest BCUT2D eigenvalue weighted by molar-refractivity contribution is 6.10. The zero-order chi connectivity index (χ0) is 22.1. The maximum atomic E-state index is 12.7. The van der Waals surface area contributed by atoms with Crippen LogP contribution in [0.3, 0.4) is 0 Å². The van der Waals surface area contributed by atoms with Crippen LogP contribution in [0.5, 0.6) is 0 Å². The van der Waals surface area contributed by atoms with Gasteiger partial charge in [0.1, 0.15) is 17.5 Å². The van der Waals surface area contributed by atoms with Crippen molar-refractivity contribution >= 4 is 39.7 Å². The Labute approximate surface area is 176 Å². The van der Waals surface area contributed by atoms with Crippen molar-refractivity contribution in [2.45, 2.75) is 13.0 Å². The molecule has 2 aromatic heterocycles. The van der Waals surface area contributed by atoms with Gasteiger partial charge in [0.15, 0.2) is 0 Å². The van der Waals surface area contributed by atoms with E-state index in [0.29, 0.717) is 11.2 Å². The third-order valence-electron chi connectivity index (χ3n) is 4.97. The maximum absolute atomic E-state index is 12.7. The van der Waals surface area contributed by atoms with E-state index >= 15 is 0 Å². The van der Waals surface area contributed by atoms with E-state index < -0.39 is 24.0 Å². The molecule has 2 N–H and O–H groups in total. The molecule has 0 saturated heterocycles. The van der Waals surface area contributed by atoms with Crippen molar-refractivity contribution in [2.24, 2.45) is 0 Å². The Bertz CT molecular complexity index is 1340. The first-order valence-electron chi connectivity index (χ1n) is 9.43. The Kier molecular flexibility index (Phi) is 5.12. The SMILES string of the molecule is COC(=O)c1cc2c([nH]c3ccccc32)c([C@@H](C)OC(=O)c2ccccc2C(=O)O)n1. The fourth-order valence-corrected chi connectivity index (χ4v) is 3.50. The van der Waals surface area contributed by atoms with Gasteiger partial charge in [-0.05, 0) is 31.2 Å². The zero-order valence-corrected chi connectivity index (χ0v) is 16.7. The molecule has 0 bridgehead atoms. The number of hydrogen-bond acceptors (Lipinski definition) is 6. The number of carbonyl (C=O) groups is 3. The molecule has 2 aromatic carbocycles. The fourth-order valence-electron chi connectivity index (χ4n) is 3.50. The van der Waals surface area contributed by atoms with Crippen molar-refractivity contribution in [1.82, 2.24) is 9.97 Å². The van der Waals surface area contributed by atoms with Gasteiger partial charge in [-0.2, -0.15) is 0 Å². The number of rotatable bonds is 5. The number of aromatic amines is 1. The predicted molar refractivity (Wildman–Crippen MR) is 112 cm³/mol. The quantitative estimate of drug-likeness (QED) is 0.468. The molecule has 2 heterocycles. The second-order valence-electron chi connectivity index (χ2n) is 6.88. The van der Waals surface area contributed by atoms with Crippen LogP contribution < -0.4 is 0 Å². The molecule has 31 heavy (non-hydrogen) atoms. The number of carboxylic acid groups (broad SMARTS) is 1. The number of pyridine rings is 1. The number of benzene rings is 2. The summed E-state index contributed by atoms with van der Waals surface area (Å²) in [5, 5.41) is 10.9. The summed E-state index contributed by atoms with van der Waals surface area (Å²) < 4.78 is 10.4. The molecule has 0 aliphatic heterocycles. The van der Waals surface area contributed by atoms with Gasteiger partial charge < -0.3 is 19.6 Å². The Morgan fingerprint density at radius 1 is 0.968 bits per heavy atom. The van der Waals surface area contributed by atoms with E-state index in [1.165, 1.54) is 25.3 Å². The van der Waals surface area contributed by atoms with Crippen molar-refractivity contribution in [1.29, 1.82) is 0 Å². The molecule has 0 aliphatic carbocycles. The van der Waals surface area contributed by atoms with Gasteiger partial charge in [0, 0.05) is 16.3 Å². The van der Waals surface area contributed by atoms with Gasteiger partial charge in [0.2, 0.25) is 0 Å². The highest BCUT2D eigenvalue weighted by atomic mass is 16.5. The number of hydrogen-bond donors (Lipinski definition) is 2. The molecule has 4 rings (SSSR count). The van der Waals surface area contributed by atoms with Crippen molar-refractivity contribution in [3.8, 4) is 0 Å². The van der Waals surface area contributed by atoms with Crippen LogP contribution in [0.25, 0.3) is 21.8 Å². The van der Waals surface area contributed by atoms with Gasteiger partial charge in [-0.1, -0.05) is 30.3 Å². The molecule has 0 unspecified atom stereocenters. The lowest BCUT2D eigenvalue weighted by molar-refractivity contribution is 0.0326. The average Bonchev–Trinajstić information content (AvgIpc) is 3.16. The number of carboxylic acids is 1. The minimum Gasteiger partial charge on any atom is -0.478 e. The van der Waals surface area contributed by atoms with E-state index in [0.717, 1.165) is 16.3 Å².